The van der Waals surface area contributed by atoms with Crippen LogP contribution in [0.15, 0.2) is 78.4 Å². The predicted molar refractivity (Wildman–Crippen MR) is 158 cm³/mol. The van der Waals surface area contributed by atoms with Gasteiger partial charge in [-0.15, -0.1) is 0 Å². The highest BCUT2D eigenvalue weighted by molar-refractivity contribution is 6.46. The number of carbonyl (C=O) groups excluding carboxylic acids is 2. The molecule has 0 spiro atoms. The molecule has 1 heterocycles. The summed E-state index contributed by atoms with van der Waals surface area (Å²) in [7, 11) is 1.54. The molecule has 1 fully saturated rings. The first kappa shape index (κ1) is 29.7. The Morgan fingerprint density at radius 3 is 2.24 bits per heavy atom. The number of amides is 1. The van der Waals surface area contributed by atoms with Crippen molar-refractivity contribution in [3.63, 3.8) is 0 Å². The summed E-state index contributed by atoms with van der Waals surface area (Å²) in [6.45, 7) is 9.42. The Morgan fingerprint density at radius 1 is 0.902 bits per heavy atom. The van der Waals surface area contributed by atoms with Gasteiger partial charge in [0, 0.05) is 18.7 Å². The summed E-state index contributed by atoms with van der Waals surface area (Å²) in [5, 5.41) is 11.5. The van der Waals surface area contributed by atoms with Crippen molar-refractivity contribution in [3.8, 4) is 17.2 Å². The third-order valence-electron chi connectivity index (χ3n) is 7.27. The molecule has 8 nitrogen and oxygen atoms in total. The summed E-state index contributed by atoms with van der Waals surface area (Å²) in [5.41, 5.74) is 2.14. The lowest BCUT2D eigenvalue weighted by atomic mass is 9.95. The standard InChI is InChI=1S/C33H38N2O6/c1-5-34(6-2)19-20-35-30(25-15-18-27(40-7-3)28(21-25)39-4)29(32(37)33(35)38)31(36)24-13-16-26(17-14-24)41-22-23-11-9-8-10-12-23/h8-18,21,30,36H,5-7,19-20,22H2,1-4H3/b31-29+. The molecule has 1 unspecified atom stereocenters. The molecule has 3 aromatic carbocycles. The van der Waals surface area contributed by atoms with E-state index in [9.17, 15) is 14.7 Å². The van der Waals surface area contributed by atoms with E-state index in [2.05, 4.69) is 18.7 Å². The average molecular weight is 559 g/mol. The minimum absolute atomic E-state index is 0.0405. The van der Waals surface area contributed by atoms with Gasteiger partial charge in [0.2, 0.25) is 0 Å². The van der Waals surface area contributed by atoms with Crippen LogP contribution in [-0.2, 0) is 16.2 Å². The summed E-state index contributed by atoms with van der Waals surface area (Å²) in [6, 6.07) is 21.2. The smallest absolute Gasteiger partial charge is 0.295 e. The van der Waals surface area contributed by atoms with E-state index in [-0.39, 0.29) is 11.3 Å². The SMILES string of the molecule is CCOc1ccc(C2/C(=C(\O)c3ccc(OCc4ccccc4)cc3)C(=O)C(=O)N2CCN(CC)CC)cc1OC. The molecule has 0 saturated carbocycles. The minimum Gasteiger partial charge on any atom is -0.507 e. The van der Waals surface area contributed by atoms with Crippen LogP contribution in [0.25, 0.3) is 5.76 Å². The Hall–Kier alpha value is -4.30. The van der Waals surface area contributed by atoms with Gasteiger partial charge >= 0.3 is 0 Å². The molecule has 4 rings (SSSR count). The number of methoxy groups -OCH3 is 1. The summed E-state index contributed by atoms with van der Waals surface area (Å²) in [5.74, 6) is 0.0752. The van der Waals surface area contributed by atoms with Crippen molar-refractivity contribution in [3.05, 3.63) is 95.1 Å². The zero-order valence-corrected chi connectivity index (χ0v) is 24.1. The van der Waals surface area contributed by atoms with Crippen LogP contribution in [0.3, 0.4) is 0 Å². The van der Waals surface area contributed by atoms with Crippen molar-refractivity contribution in [2.45, 2.75) is 33.4 Å². The van der Waals surface area contributed by atoms with Crippen LogP contribution in [0.4, 0.5) is 0 Å². The Labute approximate surface area is 241 Å². The average Bonchev–Trinajstić information content (AvgIpc) is 3.26. The number of carbonyl (C=O) groups is 2. The Morgan fingerprint density at radius 2 is 1.61 bits per heavy atom. The summed E-state index contributed by atoms with van der Waals surface area (Å²) >= 11 is 0. The maximum Gasteiger partial charge on any atom is 0.295 e. The molecule has 0 aromatic heterocycles. The van der Waals surface area contributed by atoms with Crippen LogP contribution in [-0.4, -0.2) is 66.5 Å². The second-order valence-electron chi connectivity index (χ2n) is 9.66. The maximum absolute atomic E-state index is 13.4. The number of aliphatic hydroxyl groups is 1. The van der Waals surface area contributed by atoms with Gasteiger partial charge in [0.25, 0.3) is 11.7 Å². The topological polar surface area (TPSA) is 88.5 Å². The summed E-state index contributed by atoms with van der Waals surface area (Å²) in [4.78, 5) is 30.5. The monoisotopic (exact) mass is 558 g/mol. The van der Waals surface area contributed by atoms with Gasteiger partial charge in [-0.3, -0.25) is 9.59 Å². The van der Waals surface area contributed by atoms with Crippen molar-refractivity contribution < 1.29 is 28.9 Å². The third kappa shape index (κ3) is 6.72. The van der Waals surface area contributed by atoms with Gasteiger partial charge in [-0.1, -0.05) is 50.2 Å². The first-order valence-corrected chi connectivity index (χ1v) is 14.0. The first-order chi connectivity index (χ1) is 19.9. The molecule has 0 bridgehead atoms. The predicted octanol–water partition coefficient (Wildman–Crippen LogP) is 5.44. The molecule has 1 N–H and O–H groups in total. The fourth-order valence-corrected chi connectivity index (χ4v) is 4.98. The molecular formula is C33H38N2O6. The molecule has 8 heteroatoms. The third-order valence-corrected chi connectivity index (χ3v) is 7.27. The number of Topliss-reactive ketones (excluding diaryl/α,β-unsaturated/α-hetero) is 1. The van der Waals surface area contributed by atoms with Crippen LogP contribution >= 0.6 is 0 Å². The van der Waals surface area contributed by atoms with Crippen LogP contribution in [0.5, 0.6) is 17.2 Å². The number of benzene rings is 3. The lowest BCUT2D eigenvalue weighted by Gasteiger charge is -2.28. The molecule has 1 atom stereocenters. The number of hydrogen-bond acceptors (Lipinski definition) is 7. The van der Waals surface area contributed by atoms with Gasteiger partial charge in [0.1, 0.15) is 18.1 Å². The number of ether oxygens (including phenoxy) is 3. The Bertz CT molecular complexity index is 1370. The van der Waals surface area contributed by atoms with E-state index < -0.39 is 17.7 Å². The number of likely N-dealkylation sites (tertiary alicyclic amines) is 1. The van der Waals surface area contributed by atoms with E-state index >= 15 is 0 Å². The van der Waals surface area contributed by atoms with E-state index in [1.165, 1.54) is 0 Å². The second-order valence-corrected chi connectivity index (χ2v) is 9.66. The fourth-order valence-electron chi connectivity index (χ4n) is 4.98. The van der Waals surface area contributed by atoms with Gasteiger partial charge in [-0.05, 0) is 67.5 Å². The van der Waals surface area contributed by atoms with Gasteiger partial charge in [0.05, 0.1) is 25.3 Å². The normalized spacial score (nSPS) is 16.3. The van der Waals surface area contributed by atoms with Crippen LogP contribution in [0, 0.1) is 0 Å². The first-order valence-electron chi connectivity index (χ1n) is 14.0. The number of ketones is 1. The largest absolute Gasteiger partial charge is 0.507 e. The fraction of sp³-hybridized carbons (Fsp3) is 0.333. The molecule has 3 aromatic rings. The van der Waals surface area contributed by atoms with Crippen molar-refractivity contribution in [2.75, 3.05) is 39.9 Å². The van der Waals surface area contributed by atoms with Gasteiger partial charge in [-0.25, -0.2) is 0 Å². The molecule has 1 amide bonds. The van der Waals surface area contributed by atoms with E-state index in [4.69, 9.17) is 14.2 Å². The van der Waals surface area contributed by atoms with Crippen LogP contribution in [0.1, 0.15) is 43.5 Å². The van der Waals surface area contributed by atoms with E-state index in [1.54, 1.807) is 48.4 Å². The Balaban J connectivity index is 1.70. The molecule has 1 aliphatic heterocycles. The zero-order valence-electron chi connectivity index (χ0n) is 24.1. The zero-order chi connectivity index (χ0) is 29.4. The number of aliphatic hydroxyl groups excluding tert-OH is 1. The molecule has 0 aliphatic carbocycles. The number of likely N-dealkylation sites (N-methyl/N-ethyl adjacent to an activating group) is 1. The molecule has 0 radical (unpaired) electrons. The highest BCUT2D eigenvalue weighted by atomic mass is 16.5. The highest BCUT2D eigenvalue weighted by Gasteiger charge is 2.46. The van der Waals surface area contributed by atoms with Crippen molar-refractivity contribution >= 4 is 17.4 Å². The van der Waals surface area contributed by atoms with E-state index in [1.807, 2.05) is 43.3 Å². The minimum atomic E-state index is -0.788. The number of nitrogens with zero attached hydrogens (tertiary/aromatic N) is 2. The second kappa shape index (κ2) is 13.9. The van der Waals surface area contributed by atoms with E-state index in [0.717, 1.165) is 18.7 Å². The van der Waals surface area contributed by atoms with Gasteiger partial charge < -0.3 is 29.1 Å². The van der Waals surface area contributed by atoms with Crippen LogP contribution < -0.4 is 14.2 Å². The Kier molecular flexibility index (Phi) is 10.0. The van der Waals surface area contributed by atoms with Crippen LogP contribution in [0.2, 0.25) is 0 Å². The molecule has 1 aliphatic rings. The lowest BCUT2D eigenvalue weighted by Crippen LogP contribution is -2.38. The molecule has 216 valence electrons. The molecule has 41 heavy (non-hydrogen) atoms. The van der Waals surface area contributed by atoms with Gasteiger partial charge in [-0.2, -0.15) is 0 Å². The number of hydrogen-bond donors (Lipinski definition) is 1. The number of rotatable bonds is 13. The summed E-state index contributed by atoms with van der Waals surface area (Å²) in [6.07, 6.45) is 0. The molecule has 1 saturated heterocycles. The van der Waals surface area contributed by atoms with Crippen molar-refractivity contribution in [2.24, 2.45) is 0 Å². The molecular weight excluding hydrogens is 520 g/mol. The summed E-state index contributed by atoms with van der Waals surface area (Å²) < 4.78 is 17.1. The van der Waals surface area contributed by atoms with Gasteiger partial charge in [0.15, 0.2) is 11.5 Å². The van der Waals surface area contributed by atoms with E-state index in [0.29, 0.717) is 54.7 Å². The maximum atomic E-state index is 13.4. The highest BCUT2D eigenvalue weighted by Crippen LogP contribution is 2.42. The van der Waals surface area contributed by atoms with Crippen molar-refractivity contribution in [1.29, 1.82) is 0 Å². The van der Waals surface area contributed by atoms with Crippen molar-refractivity contribution in [1.82, 2.24) is 9.80 Å². The quantitative estimate of drug-likeness (QED) is 0.170. The lowest BCUT2D eigenvalue weighted by molar-refractivity contribution is -0.140.